The Morgan fingerprint density at radius 1 is 1.16 bits per heavy atom. The van der Waals surface area contributed by atoms with E-state index in [9.17, 15) is 9.59 Å². The summed E-state index contributed by atoms with van der Waals surface area (Å²) in [6.45, 7) is 9.93. The summed E-state index contributed by atoms with van der Waals surface area (Å²) in [6, 6.07) is 12.7. The van der Waals surface area contributed by atoms with Crippen molar-refractivity contribution in [2.45, 2.75) is 52.4 Å². The van der Waals surface area contributed by atoms with Crippen LogP contribution in [0.5, 0.6) is 17.2 Å². The zero-order chi connectivity index (χ0) is 26.4. The molecular weight excluding hydrogens is 470 g/mol. The molecule has 2 aromatic rings. The first-order valence-electron chi connectivity index (χ1n) is 13.2. The van der Waals surface area contributed by atoms with Crippen molar-refractivity contribution in [1.29, 1.82) is 0 Å². The van der Waals surface area contributed by atoms with Crippen molar-refractivity contribution in [3.05, 3.63) is 53.6 Å². The van der Waals surface area contributed by atoms with Crippen LogP contribution in [-0.4, -0.2) is 73.6 Å². The average Bonchev–Trinajstić information content (AvgIpc) is 2.87. The van der Waals surface area contributed by atoms with Crippen LogP contribution < -0.4 is 14.8 Å². The second kappa shape index (κ2) is 12.4. The summed E-state index contributed by atoms with van der Waals surface area (Å²) in [5.74, 6) is 1.76. The Morgan fingerprint density at radius 3 is 2.76 bits per heavy atom. The van der Waals surface area contributed by atoms with Gasteiger partial charge in [0.15, 0.2) is 11.5 Å². The Bertz CT molecular complexity index is 1090. The summed E-state index contributed by atoms with van der Waals surface area (Å²) in [4.78, 5) is 30.6. The van der Waals surface area contributed by atoms with Crippen molar-refractivity contribution >= 4 is 11.8 Å². The van der Waals surface area contributed by atoms with Crippen molar-refractivity contribution in [2.75, 3.05) is 39.8 Å². The number of benzene rings is 2. The monoisotopic (exact) mass is 509 g/mol. The molecular formula is C29H39N3O5. The third kappa shape index (κ3) is 7.02. The number of ether oxygens (including phenoxy) is 3. The molecule has 2 aliphatic rings. The maximum Gasteiger partial charge on any atom is 0.254 e. The number of rotatable bonds is 5. The van der Waals surface area contributed by atoms with E-state index in [1.165, 1.54) is 0 Å². The van der Waals surface area contributed by atoms with Crippen LogP contribution in [0.4, 0.5) is 0 Å². The fraction of sp³-hybridized carbons (Fsp3) is 0.517. The van der Waals surface area contributed by atoms with Crippen LogP contribution in [-0.2, 0) is 16.1 Å². The minimum Gasteiger partial charge on any atom is -0.493 e. The van der Waals surface area contributed by atoms with E-state index in [1.54, 1.807) is 30.2 Å². The zero-order valence-electron chi connectivity index (χ0n) is 22.4. The van der Waals surface area contributed by atoms with Gasteiger partial charge in [0.25, 0.3) is 5.91 Å². The van der Waals surface area contributed by atoms with Crippen LogP contribution in [0.2, 0.25) is 0 Å². The molecule has 37 heavy (non-hydrogen) atoms. The van der Waals surface area contributed by atoms with E-state index in [-0.39, 0.29) is 30.5 Å². The number of carbonyl (C=O) groups is 2. The molecule has 2 heterocycles. The standard InChI is InChI=1S/C29H39N3O5/c1-5-12-32-18-28(33)30-24-11-13-31(16-20(2)3)17-27(24)36-19-21-7-6-8-23(14-21)37-26-15-22(29(32)34)9-10-25(26)35-4/h6-10,14-15,20,24,27H,5,11-13,16-19H2,1-4H3,(H,30,33)/t24-,27-/m0/s1. The van der Waals surface area contributed by atoms with Crippen LogP contribution in [0.3, 0.4) is 0 Å². The van der Waals surface area contributed by atoms with E-state index < -0.39 is 0 Å². The molecule has 2 atom stereocenters. The van der Waals surface area contributed by atoms with Gasteiger partial charge >= 0.3 is 0 Å². The van der Waals surface area contributed by atoms with Crippen molar-refractivity contribution in [1.82, 2.24) is 15.1 Å². The smallest absolute Gasteiger partial charge is 0.254 e. The lowest BCUT2D eigenvalue weighted by molar-refractivity contribution is -0.125. The average molecular weight is 510 g/mol. The third-order valence-electron chi connectivity index (χ3n) is 6.73. The highest BCUT2D eigenvalue weighted by Gasteiger charge is 2.32. The lowest BCUT2D eigenvalue weighted by Crippen LogP contribution is -2.56. The number of hydrogen-bond acceptors (Lipinski definition) is 6. The fourth-order valence-corrected chi connectivity index (χ4v) is 5.05. The Morgan fingerprint density at radius 2 is 2.00 bits per heavy atom. The molecule has 2 amide bonds. The summed E-state index contributed by atoms with van der Waals surface area (Å²) < 4.78 is 18.1. The molecule has 2 aliphatic heterocycles. The van der Waals surface area contributed by atoms with Gasteiger partial charge in [-0.25, -0.2) is 0 Å². The molecule has 4 rings (SSSR count). The minimum atomic E-state index is -0.218. The van der Waals surface area contributed by atoms with Gasteiger partial charge in [-0.1, -0.05) is 32.9 Å². The summed E-state index contributed by atoms with van der Waals surface area (Å²) in [7, 11) is 1.57. The van der Waals surface area contributed by atoms with E-state index in [1.807, 2.05) is 31.2 Å². The highest BCUT2D eigenvalue weighted by molar-refractivity contribution is 5.97. The van der Waals surface area contributed by atoms with Gasteiger partial charge in [0.2, 0.25) is 5.91 Å². The fourth-order valence-electron chi connectivity index (χ4n) is 5.05. The number of likely N-dealkylation sites (tertiary alicyclic amines) is 1. The maximum atomic E-state index is 13.5. The molecule has 0 aromatic heterocycles. The third-order valence-corrected chi connectivity index (χ3v) is 6.73. The molecule has 1 saturated heterocycles. The van der Waals surface area contributed by atoms with Crippen LogP contribution in [0.1, 0.15) is 49.5 Å². The Balaban J connectivity index is 1.67. The second-order valence-corrected chi connectivity index (χ2v) is 10.3. The largest absolute Gasteiger partial charge is 0.493 e. The summed E-state index contributed by atoms with van der Waals surface area (Å²) in [5.41, 5.74) is 1.42. The highest BCUT2D eigenvalue weighted by Crippen LogP contribution is 2.33. The number of amides is 2. The first-order chi connectivity index (χ1) is 17.9. The van der Waals surface area contributed by atoms with Gasteiger partial charge in [0.1, 0.15) is 5.75 Å². The van der Waals surface area contributed by atoms with Crippen LogP contribution in [0.15, 0.2) is 42.5 Å². The molecule has 200 valence electrons. The molecule has 1 fully saturated rings. The number of fused-ring (bicyclic) bond motifs is 5. The lowest BCUT2D eigenvalue weighted by atomic mass is 10.00. The van der Waals surface area contributed by atoms with E-state index in [2.05, 4.69) is 24.1 Å². The SMILES string of the molecule is CCCN1CC(=O)N[C@H]2CCN(CC(C)C)C[C@@H]2OCc2cccc(c2)Oc2cc(ccc2OC)C1=O. The van der Waals surface area contributed by atoms with Crippen molar-refractivity contribution < 1.29 is 23.8 Å². The first-order valence-corrected chi connectivity index (χ1v) is 13.2. The molecule has 0 saturated carbocycles. The van der Waals surface area contributed by atoms with Crippen molar-refractivity contribution in [3.63, 3.8) is 0 Å². The normalized spacial score (nSPS) is 21.3. The quantitative estimate of drug-likeness (QED) is 0.654. The Kier molecular flexibility index (Phi) is 9.05. The van der Waals surface area contributed by atoms with E-state index in [0.29, 0.717) is 41.9 Å². The predicted octanol–water partition coefficient (Wildman–Crippen LogP) is 4.09. The van der Waals surface area contributed by atoms with Gasteiger partial charge < -0.3 is 29.3 Å². The van der Waals surface area contributed by atoms with Crippen LogP contribution in [0, 0.1) is 5.92 Å². The molecule has 1 N–H and O–H groups in total. The topological polar surface area (TPSA) is 80.3 Å². The van der Waals surface area contributed by atoms with Crippen molar-refractivity contribution in [3.8, 4) is 17.2 Å². The van der Waals surface area contributed by atoms with E-state index in [0.717, 1.165) is 38.0 Å². The van der Waals surface area contributed by atoms with Gasteiger partial charge in [-0.3, -0.25) is 9.59 Å². The molecule has 0 aliphatic carbocycles. The molecule has 8 nitrogen and oxygen atoms in total. The van der Waals surface area contributed by atoms with Crippen LogP contribution in [0.25, 0.3) is 0 Å². The van der Waals surface area contributed by atoms with Gasteiger partial charge in [0, 0.05) is 31.7 Å². The molecule has 4 bridgehead atoms. The number of hydrogen-bond donors (Lipinski definition) is 1. The molecule has 0 unspecified atom stereocenters. The van der Waals surface area contributed by atoms with Gasteiger partial charge in [-0.2, -0.15) is 0 Å². The molecule has 8 heteroatoms. The summed E-state index contributed by atoms with van der Waals surface area (Å²) in [6.07, 6.45) is 1.39. The Labute approximate surface area is 219 Å². The lowest BCUT2D eigenvalue weighted by Gasteiger charge is -2.39. The Hall–Kier alpha value is -3.10. The molecule has 0 spiro atoms. The highest BCUT2D eigenvalue weighted by atomic mass is 16.5. The van der Waals surface area contributed by atoms with Gasteiger partial charge in [-0.05, 0) is 54.7 Å². The number of nitrogens with zero attached hydrogens (tertiary/aromatic N) is 2. The predicted molar refractivity (Wildman–Crippen MR) is 142 cm³/mol. The molecule has 0 radical (unpaired) electrons. The van der Waals surface area contributed by atoms with E-state index >= 15 is 0 Å². The van der Waals surface area contributed by atoms with Crippen LogP contribution >= 0.6 is 0 Å². The van der Waals surface area contributed by atoms with E-state index in [4.69, 9.17) is 14.2 Å². The summed E-state index contributed by atoms with van der Waals surface area (Å²) in [5, 5.41) is 3.19. The minimum absolute atomic E-state index is 0.00708. The second-order valence-electron chi connectivity index (χ2n) is 10.3. The summed E-state index contributed by atoms with van der Waals surface area (Å²) >= 11 is 0. The van der Waals surface area contributed by atoms with Gasteiger partial charge in [0.05, 0.1) is 32.4 Å². The maximum absolute atomic E-state index is 13.5. The number of nitrogens with one attached hydrogen (secondary N) is 1. The van der Waals surface area contributed by atoms with Gasteiger partial charge in [-0.15, -0.1) is 0 Å². The number of carbonyl (C=O) groups excluding carboxylic acids is 2. The first kappa shape index (κ1) is 26.9. The molecule has 2 aromatic carbocycles. The number of piperidine rings is 1. The zero-order valence-corrected chi connectivity index (χ0v) is 22.4. The number of methoxy groups -OCH3 is 1. The van der Waals surface area contributed by atoms with Crippen molar-refractivity contribution in [2.24, 2.45) is 5.92 Å².